The molecule has 1 unspecified atom stereocenters. The summed E-state index contributed by atoms with van der Waals surface area (Å²) in [4.78, 5) is 14.0. The summed E-state index contributed by atoms with van der Waals surface area (Å²) in [5, 5.41) is 0. The third-order valence-electron chi connectivity index (χ3n) is 4.06. The summed E-state index contributed by atoms with van der Waals surface area (Å²) in [7, 11) is 0. The molecule has 0 aliphatic carbocycles. The number of ether oxygens (including phenoxy) is 1. The summed E-state index contributed by atoms with van der Waals surface area (Å²) in [6, 6.07) is 2.66. The first-order valence-corrected chi connectivity index (χ1v) is 8.05. The van der Waals surface area contributed by atoms with Gasteiger partial charge in [-0.15, -0.1) is 0 Å². The van der Waals surface area contributed by atoms with Gasteiger partial charge in [0, 0.05) is 50.6 Å². The number of aromatic nitrogens is 2. The van der Waals surface area contributed by atoms with Crippen LogP contribution in [0.1, 0.15) is 32.3 Å². The van der Waals surface area contributed by atoms with Gasteiger partial charge >= 0.3 is 0 Å². The molecule has 1 atom stereocenters. The van der Waals surface area contributed by atoms with E-state index in [1.54, 1.807) is 0 Å². The Hall–Kier alpha value is -1.20. The molecule has 0 saturated carbocycles. The van der Waals surface area contributed by atoms with E-state index in [4.69, 9.17) is 4.74 Å². The number of hydrogen-bond acceptors (Lipinski definition) is 5. The normalized spacial score (nSPS) is 20.0. The highest BCUT2D eigenvalue weighted by atomic mass is 16.5. The van der Waals surface area contributed by atoms with Gasteiger partial charge in [0.25, 0.3) is 0 Å². The second-order valence-corrected chi connectivity index (χ2v) is 5.65. The zero-order valence-electron chi connectivity index (χ0n) is 13.8. The number of rotatable bonds is 6. The molecule has 118 valence electrons. The highest BCUT2D eigenvalue weighted by molar-refractivity contribution is 5.40. The van der Waals surface area contributed by atoms with Gasteiger partial charge in [0.15, 0.2) is 0 Å². The largest absolute Gasteiger partial charge is 0.380 e. The predicted octanol–water partition coefficient (Wildman–Crippen LogP) is 1.89. The van der Waals surface area contributed by atoms with Crippen LogP contribution >= 0.6 is 0 Å². The molecule has 2 heterocycles. The topological polar surface area (TPSA) is 41.5 Å². The number of nitrogens with zero attached hydrogens (tertiary/aromatic N) is 4. The van der Waals surface area contributed by atoms with E-state index in [1.165, 1.54) is 0 Å². The van der Waals surface area contributed by atoms with Gasteiger partial charge in [0.1, 0.15) is 11.6 Å². The third-order valence-corrected chi connectivity index (χ3v) is 4.06. The Morgan fingerprint density at radius 1 is 1.29 bits per heavy atom. The number of hydrogen-bond donors (Lipinski definition) is 0. The highest BCUT2D eigenvalue weighted by Gasteiger charge is 2.24. The van der Waals surface area contributed by atoms with Crippen LogP contribution in [-0.2, 0) is 11.2 Å². The van der Waals surface area contributed by atoms with Crippen LogP contribution in [0.3, 0.4) is 0 Å². The smallest absolute Gasteiger partial charge is 0.132 e. The summed E-state index contributed by atoms with van der Waals surface area (Å²) in [5.41, 5.74) is 1.13. The van der Waals surface area contributed by atoms with Crippen molar-refractivity contribution in [2.24, 2.45) is 0 Å². The van der Waals surface area contributed by atoms with Crippen LogP contribution in [0.25, 0.3) is 0 Å². The average Bonchev–Trinajstić information content (AvgIpc) is 2.48. The molecule has 1 saturated heterocycles. The molecule has 0 amide bonds. The Bertz CT molecular complexity index is 452. The van der Waals surface area contributed by atoms with E-state index in [9.17, 15) is 0 Å². The zero-order valence-corrected chi connectivity index (χ0v) is 13.8. The van der Waals surface area contributed by atoms with Crippen molar-refractivity contribution in [2.45, 2.75) is 40.2 Å². The lowest BCUT2D eigenvalue weighted by atomic mass is 10.2. The van der Waals surface area contributed by atoms with Crippen molar-refractivity contribution in [1.82, 2.24) is 14.9 Å². The van der Waals surface area contributed by atoms with E-state index < -0.39 is 0 Å². The molecule has 1 aliphatic rings. The lowest BCUT2D eigenvalue weighted by Crippen LogP contribution is -2.53. The van der Waals surface area contributed by atoms with Gasteiger partial charge in [0.05, 0.1) is 6.61 Å². The van der Waals surface area contributed by atoms with Crippen molar-refractivity contribution >= 4 is 5.82 Å². The molecule has 1 fully saturated rings. The van der Waals surface area contributed by atoms with Crippen LogP contribution in [0.2, 0.25) is 0 Å². The Labute approximate surface area is 128 Å². The first-order valence-electron chi connectivity index (χ1n) is 8.05. The van der Waals surface area contributed by atoms with Gasteiger partial charge in [-0.3, -0.25) is 4.90 Å². The second-order valence-electron chi connectivity index (χ2n) is 5.65. The minimum Gasteiger partial charge on any atom is -0.380 e. The SMILES string of the molecule is CCOCCN1CCN(c2cc(CC)nc(C)n2)CC1C. The van der Waals surface area contributed by atoms with Crippen molar-refractivity contribution in [1.29, 1.82) is 0 Å². The molecule has 5 nitrogen and oxygen atoms in total. The van der Waals surface area contributed by atoms with E-state index in [0.717, 1.165) is 63.1 Å². The molecule has 5 heteroatoms. The van der Waals surface area contributed by atoms with Crippen LogP contribution in [0.5, 0.6) is 0 Å². The summed E-state index contributed by atoms with van der Waals surface area (Å²) < 4.78 is 5.47. The second kappa shape index (κ2) is 7.71. The zero-order chi connectivity index (χ0) is 15.2. The van der Waals surface area contributed by atoms with Gasteiger partial charge in [-0.25, -0.2) is 9.97 Å². The molecule has 0 bridgehead atoms. The molecular weight excluding hydrogens is 264 g/mol. The Balaban J connectivity index is 1.97. The number of piperazine rings is 1. The van der Waals surface area contributed by atoms with E-state index in [0.29, 0.717) is 6.04 Å². The predicted molar refractivity (Wildman–Crippen MR) is 85.9 cm³/mol. The van der Waals surface area contributed by atoms with Crippen LogP contribution in [0.15, 0.2) is 6.07 Å². The van der Waals surface area contributed by atoms with E-state index >= 15 is 0 Å². The summed E-state index contributed by atoms with van der Waals surface area (Å²) in [6.45, 7) is 14.2. The van der Waals surface area contributed by atoms with Gasteiger partial charge in [0.2, 0.25) is 0 Å². The van der Waals surface area contributed by atoms with Crippen molar-refractivity contribution in [3.63, 3.8) is 0 Å². The maximum absolute atomic E-state index is 5.47. The fraction of sp³-hybridized carbons (Fsp3) is 0.750. The molecule has 0 spiro atoms. The molecule has 1 aromatic rings. The summed E-state index contributed by atoms with van der Waals surface area (Å²) in [5.74, 6) is 1.95. The molecule has 1 aromatic heterocycles. The molecule has 21 heavy (non-hydrogen) atoms. The molecule has 2 rings (SSSR count). The fourth-order valence-corrected chi connectivity index (χ4v) is 2.82. The Kier molecular flexibility index (Phi) is 5.94. The number of anilines is 1. The van der Waals surface area contributed by atoms with Gasteiger partial charge in [-0.2, -0.15) is 0 Å². The van der Waals surface area contributed by atoms with Crippen LogP contribution in [-0.4, -0.2) is 60.3 Å². The van der Waals surface area contributed by atoms with Crippen LogP contribution < -0.4 is 4.90 Å². The lowest BCUT2D eigenvalue weighted by molar-refractivity contribution is 0.0925. The minimum absolute atomic E-state index is 0.527. The average molecular weight is 292 g/mol. The van der Waals surface area contributed by atoms with E-state index in [1.807, 2.05) is 13.8 Å². The highest BCUT2D eigenvalue weighted by Crippen LogP contribution is 2.18. The quantitative estimate of drug-likeness (QED) is 0.749. The van der Waals surface area contributed by atoms with Gasteiger partial charge in [-0.05, 0) is 27.2 Å². The Morgan fingerprint density at radius 2 is 2.10 bits per heavy atom. The summed E-state index contributed by atoms with van der Waals surface area (Å²) >= 11 is 0. The van der Waals surface area contributed by atoms with Crippen LogP contribution in [0, 0.1) is 6.92 Å². The van der Waals surface area contributed by atoms with Crippen molar-refractivity contribution < 1.29 is 4.74 Å². The van der Waals surface area contributed by atoms with Crippen molar-refractivity contribution in [2.75, 3.05) is 44.3 Å². The van der Waals surface area contributed by atoms with E-state index in [2.05, 4.69) is 39.7 Å². The number of aryl methyl sites for hydroxylation is 2. The van der Waals surface area contributed by atoms with Gasteiger partial charge in [-0.1, -0.05) is 6.92 Å². The first kappa shape index (κ1) is 16.2. The monoisotopic (exact) mass is 292 g/mol. The van der Waals surface area contributed by atoms with Crippen LogP contribution in [0.4, 0.5) is 5.82 Å². The van der Waals surface area contributed by atoms with Crippen molar-refractivity contribution in [3.05, 3.63) is 17.6 Å². The maximum Gasteiger partial charge on any atom is 0.132 e. The standard InChI is InChI=1S/C16H28N4O/c1-5-15-11-16(18-14(4)17-15)20-8-7-19(13(3)12-20)9-10-21-6-2/h11,13H,5-10,12H2,1-4H3. The molecular formula is C16H28N4O. The third kappa shape index (κ3) is 4.38. The summed E-state index contributed by atoms with van der Waals surface area (Å²) in [6.07, 6.45) is 0.959. The molecule has 1 aliphatic heterocycles. The lowest BCUT2D eigenvalue weighted by Gasteiger charge is -2.40. The van der Waals surface area contributed by atoms with Gasteiger partial charge < -0.3 is 9.64 Å². The molecule has 0 aromatic carbocycles. The minimum atomic E-state index is 0.527. The Morgan fingerprint density at radius 3 is 2.76 bits per heavy atom. The molecule has 0 radical (unpaired) electrons. The van der Waals surface area contributed by atoms with Crippen molar-refractivity contribution in [3.8, 4) is 0 Å². The molecule has 0 N–H and O–H groups in total. The maximum atomic E-state index is 5.47. The fourth-order valence-electron chi connectivity index (χ4n) is 2.82. The first-order chi connectivity index (χ1) is 10.1. The van der Waals surface area contributed by atoms with E-state index in [-0.39, 0.29) is 0 Å².